The van der Waals surface area contributed by atoms with Gasteiger partial charge in [0.25, 0.3) is 5.56 Å². The van der Waals surface area contributed by atoms with Gasteiger partial charge in [0.2, 0.25) is 0 Å². The Morgan fingerprint density at radius 3 is 3.36 bits per heavy atom. The lowest BCUT2D eigenvalue weighted by Gasteiger charge is -2.17. The minimum absolute atomic E-state index is 0.000231. The van der Waals surface area contributed by atoms with E-state index in [-0.39, 0.29) is 5.56 Å². The molecule has 0 atom stereocenters. The highest BCUT2D eigenvalue weighted by Crippen LogP contribution is 2.05. The van der Waals surface area contributed by atoms with Gasteiger partial charge in [0, 0.05) is 13.1 Å². The number of hydrogen-bond acceptors (Lipinski definition) is 4. The fourth-order valence-corrected chi connectivity index (χ4v) is 1.73. The Bertz CT molecular complexity index is 540. The highest BCUT2D eigenvalue weighted by Gasteiger charge is 2.14. The van der Waals surface area contributed by atoms with Crippen LogP contribution in [0.25, 0.3) is 11.0 Å². The van der Waals surface area contributed by atoms with Crippen LogP contribution in [-0.4, -0.2) is 26.3 Å². The van der Waals surface area contributed by atoms with Crippen LogP contribution in [0.1, 0.15) is 5.82 Å². The average molecular weight is 191 g/mol. The van der Waals surface area contributed by atoms with Crippen molar-refractivity contribution < 1.29 is 0 Å². The SMILES string of the molecule is O=c1c2cn[nH]c2nc2n1CCNC2. The molecule has 0 spiro atoms. The molecule has 1 aliphatic heterocycles. The van der Waals surface area contributed by atoms with Crippen LogP contribution in [-0.2, 0) is 13.1 Å². The Morgan fingerprint density at radius 2 is 2.43 bits per heavy atom. The van der Waals surface area contributed by atoms with E-state index in [2.05, 4.69) is 20.5 Å². The van der Waals surface area contributed by atoms with Crippen molar-refractivity contribution in [1.29, 1.82) is 0 Å². The predicted octanol–water partition coefficient (Wildman–Crippen LogP) is -0.777. The number of aromatic amines is 1. The van der Waals surface area contributed by atoms with Crippen molar-refractivity contribution in [3.05, 3.63) is 22.4 Å². The lowest BCUT2D eigenvalue weighted by atomic mass is 10.3. The van der Waals surface area contributed by atoms with E-state index in [1.54, 1.807) is 4.57 Å². The first-order chi connectivity index (χ1) is 6.86. The molecule has 0 fully saturated rings. The Labute approximate surface area is 79.0 Å². The van der Waals surface area contributed by atoms with Crippen molar-refractivity contribution in [1.82, 2.24) is 25.1 Å². The second-order valence-electron chi connectivity index (χ2n) is 3.29. The largest absolute Gasteiger partial charge is 0.308 e. The molecule has 72 valence electrons. The van der Waals surface area contributed by atoms with Crippen molar-refractivity contribution in [2.24, 2.45) is 0 Å². The quantitative estimate of drug-likeness (QED) is 0.573. The summed E-state index contributed by atoms with van der Waals surface area (Å²) in [6.07, 6.45) is 1.53. The zero-order chi connectivity index (χ0) is 9.54. The number of fused-ring (bicyclic) bond motifs is 2. The van der Waals surface area contributed by atoms with Gasteiger partial charge in [-0.15, -0.1) is 0 Å². The van der Waals surface area contributed by atoms with Gasteiger partial charge in [-0.25, -0.2) is 4.98 Å². The van der Waals surface area contributed by atoms with Crippen LogP contribution in [0.15, 0.2) is 11.0 Å². The maximum absolute atomic E-state index is 11.9. The molecule has 0 radical (unpaired) electrons. The van der Waals surface area contributed by atoms with Crippen molar-refractivity contribution in [2.45, 2.75) is 13.1 Å². The van der Waals surface area contributed by atoms with Crippen molar-refractivity contribution in [3.8, 4) is 0 Å². The fourth-order valence-electron chi connectivity index (χ4n) is 1.73. The minimum Gasteiger partial charge on any atom is -0.308 e. The van der Waals surface area contributed by atoms with Crippen molar-refractivity contribution in [3.63, 3.8) is 0 Å². The summed E-state index contributed by atoms with van der Waals surface area (Å²) in [6, 6.07) is 0. The van der Waals surface area contributed by atoms with E-state index in [0.29, 0.717) is 24.1 Å². The molecule has 6 nitrogen and oxygen atoms in total. The summed E-state index contributed by atoms with van der Waals surface area (Å²) in [7, 11) is 0. The molecule has 6 heteroatoms. The van der Waals surface area contributed by atoms with Crippen LogP contribution in [0.3, 0.4) is 0 Å². The van der Waals surface area contributed by atoms with Gasteiger partial charge in [0.05, 0.1) is 12.7 Å². The van der Waals surface area contributed by atoms with Crippen LogP contribution in [0.5, 0.6) is 0 Å². The van der Waals surface area contributed by atoms with Gasteiger partial charge in [-0.1, -0.05) is 0 Å². The van der Waals surface area contributed by atoms with E-state index in [4.69, 9.17) is 0 Å². The second-order valence-corrected chi connectivity index (χ2v) is 3.29. The highest BCUT2D eigenvalue weighted by molar-refractivity contribution is 5.72. The van der Waals surface area contributed by atoms with Gasteiger partial charge in [-0.05, 0) is 0 Å². The molecule has 0 amide bonds. The molecule has 1 aliphatic rings. The molecule has 0 saturated heterocycles. The van der Waals surface area contributed by atoms with E-state index < -0.39 is 0 Å². The zero-order valence-corrected chi connectivity index (χ0v) is 7.45. The lowest BCUT2D eigenvalue weighted by Crippen LogP contribution is -2.36. The number of H-pyrrole nitrogens is 1. The lowest BCUT2D eigenvalue weighted by molar-refractivity contribution is 0.486. The summed E-state index contributed by atoms with van der Waals surface area (Å²) in [5, 5.41) is 10.3. The molecule has 0 unspecified atom stereocenters. The molecular weight excluding hydrogens is 182 g/mol. The van der Waals surface area contributed by atoms with E-state index >= 15 is 0 Å². The predicted molar refractivity (Wildman–Crippen MR) is 49.9 cm³/mol. The first-order valence-corrected chi connectivity index (χ1v) is 4.50. The third kappa shape index (κ3) is 0.912. The molecule has 0 bridgehead atoms. The molecular formula is C8H9N5O. The number of hydrogen-bond donors (Lipinski definition) is 2. The van der Waals surface area contributed by atoms with E-state index in [0.717, 1.165) is 12.4 Å². The first kappa shape index (κ1) is 7.69. The molecule has 0 saturated carbocycles. The van der Waals surface area contributed by atoms with Crippen LogP contribution in [0.2, 0.25) is 0 Å². The topological polar surface area (TPSA) is 75.6 Å². The Hall–Kier alpha value is -1.69. The number of nitrogens with one attached hydrogen (secondary N) is 2. The second kappa shape index (κ2) is 2.65. The van der Waals surface area contributed by atoms with Gasteiger partial charge in [0.15, 0.2) is 5.65 Å². The molecule has 14 heavy (non-hydrogen) atoms. The molecule has 2 N–H and O–H groups in total. The molecule has 0 aliphatic carbocycles. The molecule has 3 heterocycles. The third-order valence-electron chi connectivity index (χ3n) is 2.44. The summed E-state index contributed by atoms with van der Waals surface area (Å²) < 4.78 is 1.70. The monoisotopic (exact) mass is 191 g/mol. The Balaban J connectivity index is 2.42. The minimum atomic E-state index is 0.000231. The van der Waals surface area contributed by atoms with E-state index in [1.165, 1.54) is 6.20 Å². The molecule has 0 aromatic carbocycles. The van der Waals surface area contributed by atoms with Crippen molar-refractivity contribution in [2.75, 3.05) is 6.54 Å². The summed E-state index contributed by atoms with van der Waals surface area (Å²) >= 11 is 0. The normalized spacial score (nSPS) is 15.7. The maximum Gasteiger partial charge on any atom is 0.264 e. The summed E-state index contributed by atoms with van der Waals surface area (Å²) in [4.78, 5) is 16.2. The van der Waals surface area contributed by atoms with Gasteiger partial charge in [-0.2, -0.15) is 5.10 Å². The van der Waals surface area contributed by atoms with E-state index in [9.17, 15) is 4.79 Å². The standard InChI is InChI=1S/C8H9N5O/c14-8-5-3-10-12-7(5)11-6-4-9-1-2-13(6)8/h3,9H,1-2,4H2,(H,10,12). The molecule has 3 rings (SSSR count). The summed E-state index contributed by atoms with van der Waals surface area (Å²) in [5.74, 6) is 0.776. The molecule has 2 aromatic rings. The molecule has 2 aromatic heterocycles. The number of nitrogens with zero attached hydrogens (tertiary/aromatic N) is 3. The smallest absolute Gasteiger partial charge is 0.264 e. The highest BCUT2D eigenvalue weighted by atomic mass is 16.1. The van der Waals surface area contributed by atoms with Crippen LogP contribution < -0.4 is 10.9 Å². The van der Waals surface area contributed by atoms with Crippen LogP contribution >= 0.6 is 0 Å². The fraction of sp³-hybridized carbons (Fsp3) is 0.375. The summed E-state index contributed by atoms with van der Waals surface area (Å²) in [5.41, 5.74) is 0.574. The first-order valence-electron chi connectivity index (χ1n) is 4.50. The van der Waals surface area contributed by atoms with Crippen LogP contribution in [0, 0.1) is 0 Å². The number of aromatic nitrogens is 4. The third-order valence-corrected chi connectivity index (χ3v) is 2.44. The van der Waals surface area contributed by atoms with E-state index in [1.807, 2.05) is 0 Å². The number of rotatable bonds is 0. The zero-order valence-electron chi connectivity index (χ0n) is 7.45. The summed E-state index contributed by atoms with van der Waals surface area (Å²) in [6.45, 7) is 2.14. The Kier molecular flexibility index (Phi) is 1.45. The van der Waals surface area contributed by atoms with Gasteiger partial charge in [-0.3, -0.25) is 14.5 Å². The van der Waals surface area contributed by atoms with Gasteiger partial charge in [0.1, 0.15) is 11.2 Å². The Morgan fingerprint density at radius 1 is 1.50 bits per heavy atom. The average Bonchev–Trinajstić information content (AvgIpc) is 2.66. The van der Waals surface area contributed by atoms with Crippen LogP contribution in [0.4, 0.5) is 0 Å². The van der Waals surface area contributed by atoms with Crippen molar-refractivity contribution >= 4 is 11.0 Å². The maximum atomic E-state index is 11.9. The van der Waals surface area contributed by atoms with Gasteiger partial charge >= 0.3 is 0 Å². The van der Waals surface area contributed by atoms with Gasteiger partial charge < -0.3 is 5.32 Å².